The molecule has 0 aliphatic rings. The Bertz CT molecular complexity index is 239. The molecular weight excluding hydrogens is 160 g/mol. The second-order valence-electron chi connectivity index (χ2n) is 2.88. The van der Waals surface area contributed by atoms with Crippen molar-refractivity contribution in [2.75, 3.05) is 6.61 Å². The molecule has 1 heteroatoms. The Morgan fingerprint density at radius 2 is 1.92 bits per heavy atom. The van der Waals surface area contributed by atoms with Crippen molar-refractivity contribution in [1.29, 1.82) is 0 Å². The van der Waals surface area contributed by atoms with Gasteiger partial charge in [0.25, 0.3) is 0 Å². The fourth-order valence-electron chi connectivity index (χ4n) is 1.05. The van der Waals surface area contributed by atoms with Gasteiger partial charge in [0.1, 0.15) is 0 Å². The summed E-state index contributed by atoms with van der Waals surface area (Å²) in [4.78, 5) is 0. The lowest BCUT2D eigenvalue weighted by Crippen LogP contribution is -1.91. The summed E-state index contributed by atoms with van der Waals surface area (Å²) in [5.74, 6) is 0. The first kappa shape index (κ1) is 10.0. The van der Waals surface area contributed by atoms with Gasteiger partial charge >= 0.3 is 0 Å². The van der Waals surface area contributed by atoms with Crippen LogP contribution in [0.25, 0.3) is 0 Å². The molecule has 1 aromatic rings. The van der Waals surface area contributed by atoms with Gasteiger partial charge in [-0.05, 0) is 12.0 Å². The largest absolute Gasteiger partial charge is 0.373 e. The molecular formula is C12H16O. The SMILES string of the molecule is CC/C=C/COCc1ccccc1. The van der Waals surface area contributed by atoms with Crippen molar-refractivity contribution in [3.8, 4) is 0 Å². The Hall–Kier alpha value is -1.08. The average molecular weight is 176 g/mol. The fourth-order valence-corrected chi connectivity index (χ4v) is 1.05. The highest BCUT2D eigenvalue weighted by atomic mass is 16.5. The van der Waals surface area contributed by atoms with Crippen LogP contribution in [0.3, 0.4) is 0 Å². The molecule has 0 atom stereocenters. The lowest BCUT2D eigenvalue weighted by atomic mass is 10.2. The topological polar surface area (TPSA) is 9.23 Å². The van der Waals surface area contributed by atoms with Crippen molar-refractivity contribution in [3.63, 3.8) is 0 Å². The van der Waals surface area contributed by atoms with Gasteiger partial charge in [-0.2, -0.15) is 0 Å². The number of hydrogen-bond acceptors (Lipinski definition) is 1. The molecule has 0 heterocycles. The second kappa shape index (κ2) is 6.44. The molecule has 0 spiro atoms. The number of benzene rings is 1. The summed E-state index contributed by atoms with van der Waals surface area (Å²) in [5, 5.41) is 0. The summed E-state index contributed by atoms with van der Waals surface area (Å²) in [6.45, 7) is 3.53. The summed E-state index contributed by atoms with van der Waals surface area (Å²) in [5.41, 5.74) is 1.23. The summed E-state index contributed by atoms with van der Waals surface area (Å²) >= 11 is 0. The molecule has 0 aromatic heterocycles. The molecule has 0 aliphatic heterocycles. The third-order valence-corrected chi connectivity index (χ3v) is 1.73. The zero-order chi connectivity index (χ0) is 9.36. The minimum absolute atomic E-state index is 0.703. The van der Waals surface area contributed by atoms with Gasteiger partial charge in [0.15, 0.2) is 0 Å². The maximum atomic E-state index is 5.43. The van der Waals surface area contributed by atoms with Gasteiger partial charge in [-0.25, -0.2) is 0 Å². The maximum absolute atomic E-state index is 5.43. The number of rotatable bonds is 5. The molecule has 0 aliphatic carbocycles. The lowest BCUT2D eigenvalue weighted by molar-refractivity contribution is 0.148. The van der Waals surface area contributed by atoms with Crippen LogP contribution in [0.4, 0.5) is 0 Å². The van der Waals surface area contributed by atoms with E-state index in [9.17, 15) is 0 Å². The monoisotopic (exact) mass is 176 g/mol. The quantitative estimate of drug-likeness (QED) is 0.494. The van der Waals surface area contributed by atoms with Gasteiger partial charge in [0.05, 0.1) is 13.2 Å². The zero-order valence-electron chi connectivity index (χ0n) is 8.07. The maximum Gasteiger partial charge on any atom is 0.0721 e. The predicted molar refractivity (Wildman–Crippen MR) is 55.5 cm³/mol. The van der Waals surface area contributed by atoms with E-state index in [0.717, 1.165) is 6.42 Å². The normalized spacial score (nSPS) is 10.8. The van der Waals surface area contributed by atoms with E-state index in [4.69, 9.17) is 4.74 Å². The van der Waals surface area contributed by atoms with E-state index in [1.165, 1.54) is 5.56 Å². The van der Waals surface area contributed by atoms with E-state index < -0.39 is 0 Å². The summed E-state index contributed by atoms with van der Waals surface area (Å²) < 4.78 is 5.43. The highest BCUT2D eigenvalue weighted by Crippen LogP contribution is 2.00. The molecule has 0 radical (unpaired) electrons. The van der Waals surface area contributed by atoms with Gasteiger partial charge in [0, 0.05) is 0 Å². The van der Waals surface area contributed by atoms with Crippen molar-refractivity contribution in [2.24, 2.45) is 0 Å². The summed E-state index contributed by atoms with van der Waals surface area (Å²) in [6, 6.07) is 10.2. The Kier molecular flexibility index (Phi) is 4.95. The summed E-state index contributed by atoms with van der Waals surface area (Å²) in [7, 11) is 0. The van der Waals surface area contributed by atoms with Gasteiger partial charge in [-0.3, -0.25) is 0 Å². The third kappa shape index (κ3) is 4.48. The van der Waals surface area contributed by atoms with Gasteiger partial charge in [0.2, 0.25) is 0 Å². The van der Waals surface area contributed by atoms with Crippen molar-refractivity contribution in [2.45, 2.75) is 20.0 Å². The van der Waals surface area contributed by atoms with E-state index >= 15 is 0 Å². The first-order chi connectivity index (χ1) is 6.43. The van der Waals surface area contributed by atoms with E-state index in [2.05, 4.69) is 31.2 Å². The standard InChI is InChI=1S/C12H16O/c1-2-3-7-10-13-11-12-8-5-4-6-9-12/h3-9H,2,10-11H2,1H3/b7-3+. The minimum atomic E-state index is 0.703. The van der Waals surface area contributed by atoms with Crippen LogP contribution in [0.2, 0.25) is 0 Å². The average Bonchev–Trinajstić information content (AvgIpc) is 2.19. The predicted octanol–water partition coefficient (Wildman–Crippen LogP) is 3.17. The van der Waals surface area contributed by atoms with Crippen LogP contribution in [0, 0.1) is 0 Å². The lowest BCUT2D eigenvalue weighted by Gasteiger charge is -2.00. The molecule has 0 unspecified atom stereocenters. The first-order valence-corrected chi connectivity index (χ1v) is 4.70. The number of allylic oxidation sites excluding steroid dienone is 1. The highest BCUT2D eigenvalue weighted by molar-refractivity contribution is 5.13. The number of ether oxygens (including phenoxy) is 1. The van der Waals surface area contributed by atoms with E-state index in [1.807, 2.05) is 18.2 Å². The van der Waals surface area contributed by atoms with E-state index in [1.54, 1.807) is 0 Å². The zero-order valence-corrected chi connectivity index (χ0v) is 8.07. The van der Waals surface area contributed by atoms with Crippen LogP contribution in [-0.2, 0) is 11.3 Å². The molecule has 1 nitrogen and oxygen atoms in total. The van der Waals surface area contributed by atoms with Crippen LogP contribution in [0.1, 0.15) is 18.9 Å². The smallest absolute Gasteiger partial charge is 0.0721 e. The first-order valence-electron chi connectivity index (χ1n) is 4.70. The molecule has 0 amide bonds. The Morgan fingerprint density at radius 1 is 1.15 bits per heavy atom. The van der Waals surface area contributed by atoms with Crippen LogP contribution in [0.15, 0.2) is 42.5 Å². The minimum Gasteiger partial charge on any atom is -0.373 e. The van der Waals surface area contributed by atoms with Crippen molar-refractivity contribution < 1.29 is 4.74 Å². The fraction of sp³-hybridized carbons (Fsp3) is 0.333. The van der Waals surface area contributed by atoms with E-state index in [0.29, 0.717) is 13.2 Å². The van der Waals surface area contributed by atoms with Crippen molar-refractivity contribution in [1.82, 2.24) is 0 Å². The number of hydrogen-bond donors (Lipinski definition) is 0. The van der Waals surface area contributed by atoms with Gasteiger partial charge < -0.3 is 4.74 Å². The van der Waals surface area contributed by atoms with Gasteiger partial charge in [-0.1, -0.05) is 49.4 Å². The van der Waals surface area contributed by atoms with Crippen molar-refractivity contribution >= 4 is 0 Å². The van der Waals surface area contributed by atoms with Crippen LogP contribution >= 0.6 is 0 Å². The second-order valence-corrected chi connectivity index (χ2v) is 2.88. The Balaban J connectivity index is 2.17. The van der Waals surface area contributed by atoms with E-state index in [-0.39, 0.29) is 0 Å². The van der Waals surface area contributed by atoms with Crippen LogP contribution in [0.5, 0.6) is 0 Å². The van der Waals surface area contributed by atoms with Crippen LogP contribution in [-0.4, -0.2) is 6.61 Å². The third-order valence-electron chi connectivity index (χ3n) is 1.73. The highest BCUT2D eigenvalue weighted by Gasteiger charge is 1.88. The Morgan fingerprint density at radius 3 is 2.62 bits per heavy atom. The van der Waals surface area contributed by atoms with Crippen molar-refractivity contribution in [3.05, 3.63) is 48.0 Å². The molecule has 13 heavy (non-hydrogen) atoms. The molecule has 0 bridgehead atoms. The molecule has 0 N–H and O–H groups in total. The molecule has 1 aromatic carbocycles. The molecule has 70 valence electrons. The molecule has 1 rings (SSSR count). The molecule has 0 saturated heterocycles. The molecule has 0 saturated carbocycles. The Labute approximate surface area is 80.0 Å². The van der Waals surface area contributed by atoms with Gasteiger partial charge in [-0.15, -0.1) is 0 Å². The molecule has 0 fully saturated rings. The van der Waals surface area contributed by atoms with Crippen LogP contribution < -0.4 is 0 Å². The summed E-state index contributed by atoms with van der Waals surface area (Å²) in [6.07, 6.45) is 5.25.